The number of rotatable bonds is 2. The van der Waals surface area contributed by atoms with Gasteiger partial charge in [0.15, 0.2) is 16.5 Å². The summed E-state index contributed by atoms with van der Waals surface area (Å²) < 4.78 is 62.1. The third kappa shape index (κ3) is 3.05. The van der Waals surface area contributed by atoms with E-state index in [1.165, 1.54) is 10.5 Å². The van der Waals surface area contributed by atoms with Crippen molar-refractivity contribution in [3.8, 4) is 10.8 Å². The fourth-order valence-electron chi connectivity index (χ4n) is 1.64. The number of fused-ring (bicyclic) bond motifs is 1. The van der Waals surface area contributed by atoms with Gasteiger partial charge in [0.2, 0.25) is 5.01 Å². The summed E-state index contributed by atoms with van der Waals surface area (Å²) in [6.45, 7) is 0. The molecule has 0 spiro atoms. The van der Waals surface area contributed by atoms with Gasteiger partial charge in [-0.1, -0.05) is 11.3 Å². The van der Waals surface area contributed by atoms with Crippen molar-refractivity contribution in [1.29, 1.82) is 0 Å². The summed E-state index contributed by atoms with van der Waals surface area (Å²) in [5.74, 6) is -0.0872. The van der Waals surface area contributed by atoms with E-state index in [1.54, 1.807) is 0 Å². The van der Waals surface area contributed by atoms with Gasteiger partial charge in [-0.15, -0.1) is 20.4 Å². The van der Waals surface area contributed by atoms with E-state index in [9.17, 15) is 21.6 Å². The summed E-state index contributed by atoms with van der Waals surface area (Å²) in [6.07, 6.45) is -3.55. The molecule has 0 aromatic carbocycles. The first-order valence-electron chi connectivity index (χ1n) is 5.47. The molecule has 0 N–H and O–H groups in total. The Morgan fingerprint density at radius 1 is 1.22 bits per heavy atom. The average Bonchev–Trinajstić information content (AvgIpc) is 3.02. The lowest BCUT2D eigenvalue weighted by Gasteiger charge is -2.02. The molecule has 0 saturated carbocycles. The molecule has 23 heavy (non-hydrogen) atoms. The van der Waals surface area contributed by atoms with Crippen molar-refractivity contribution in [2.75, 3.05) is 0 Å². The summed E-state index contributed by atoms with van der Waals surface area (Å²) >= 11 is 3.37. The molecule has 0 unspecified atom stereocenters. The highest BCUT2D eigenvalue weighted by molar-refractivity contribution is 9.10. The first-order chi connectivity index (χ1) is 10.6. The van der Waals surface area contributed by atoms with Crippen LogP contribution in [0.15, 0.2) is 21.6 Å². The molecule has 3 aromatic rings. The zero-order valence-electron chi connectivity index (χ0n) is 10.4. The molecule has 0 saturated heterocycles. The molecule has 3 rings (SSSR count). The molecule has 7 nitrogen and oxygen atoms in total. The van der Waals surface area contributed by atoms with Crippen LogP contribution in [-0.2, 0) is 15.2 Å². The van der Waals surface area contributed by atoms with Crippen molar-refractivity contribution in [1.82, 2.24) is 24.8 Å². The molecule has 0 aliphatic rings. The molecule has 0 aliphatic carbocycles. The minimum Gasteiger partial charge on any atom is -0.278 e. The van der Waals surface area contributed by atoms with Gasteiger partial charge < -0.3 is 0 Å². The summed E-state index contributed by atoms with van der Waals surface area (Å²) in [5, 5.41) is 12.7. The van der Waals surface area contributed by atoms with E-state index >= 15 is 0 Å². The van der Waals surface area contributed by atoms with Gasteiger partial charge in [0.1, 0.15) is 4.90 Å². The quantitative estimate of drug-likeness (QED) is 0.560. The molecule has 0 radical (unpaired) electrons. The van der Waals surface area contributed by atoms with Crippen molar-refractivity contribution < 1.29 is 21.6 Å². The summed E-state index contributed by atoms with van der Waals surface area (Å²) in [5.41, 5.74) is 0.188. The molecule has 0 atom stereocenters. The number of halogens is 5. The molecule has 3 aromatic heterocycles. The molecule has 122 valence electrons. The smallest absolute Gasteiger partial charge is 0.278 e. The van der Waals surface area contributed by atoms with Gasteiger partial charge in [-0.25, -0.2) is 8.42 Å². The highest BCUT2D eigenvalue weighted by Crippen LogP contribution is 2.35. The monoisotopic (exact) mass is 447 g/mol. The Kier molecular flexibility index (Phi) is 3.85. The lowest BCUT2D eigenvalue weighted by Crippen LogP contribution is -2.03. The van der Waals surface area contributed by atoms with Crippen LogP contribution >= 0.6 is 37.9 Å². The minimum absolute atomic E-state index is 0.0872. The number of pyridine rings is 1. The maximum atomic E-state index is 12.6. The van der Waals surface area contributed by atoms with Crippen LogP contribution in [0.2, 0.25) is 0 Å². The van der Waals surface area contributed by atoms with Gasteiger partial charge in [0, 0.05) is 16.9 Å². The maximum Gasteiger partial charge on any atom is 0.445 e. The normalized spacial score (nSPS) is 12.9. The standard InChI is InChI=1S/C9H2BrClF3N5O2S2/c10-4-1-3(23(11,20)21)2-19-5(4)15-16-6(19)7-17-18-8(22-7)9(12,13)14/h1-2H. The summed E-state index contributed by atoms with van der Waals surface area (Å²) in [7, 11) is 1.22. The SMILES string of the molecule is O=S(=O)(Cl)c1cc(Br)c2nnc(-c3nnc(C(F)(F)F)s3)n2c1. The van der Waals surface area contributed by atoms with Gasteiger partial charge in [-0.2, -0.15) is 13.2 Å². The largest absolute Gasteiger partial charge is 0.445 e. The second-order valence-corrected chi connectivity index (χ2v) is 8.49. The van der Waals surface area contributed by atoms with Crippen LogP contribution in [0, 0.1) is 0 Å². The predicted octanol–water partition coefficient (Wildman–Crippen LogP) is 2.96. The van der Waals surface area contributed by atoms with E-state index in [0.717, 1.165) is 6.20 Å². The maximum absolute atomic E-state index is 12.6. The van der Waals surface area contributed by atoms with Crippen LogP contribution in [0.4, 0.5) is 13.2 Å². The molecular weight excluding hydrogens is 447 g/mol. The Bertz CT molecular complexity index is 1020. The van der Waals surface area contributed by atoms with Gasteiger partial charge >= 0.3 is 6.18 Å². The molecule has 0 amide bonds. The fraction of sp³-hybridized carbons (Fsp3) is 0.111. The highest BCUT2D eigenvalue weighted by atomic mass is 79.9. The second-order valence-electron chi connectivity index (χ2n) is 4.09. The third-order valence-electron chi connectivity index (χ3n) is 2.58. The van der Waals surface area contributed by atoms with Crippen molar-refractivity contribution in [2.45, 2.75) is 11.1 Å². The summed E-state index contributed by atoms with van der Waals surface area (Å²) in [6, 6.07) is 1.21. The first kappa shape index (κ1) is 16.5. The van der Waals surface area contributed by atoms with Crippen LogP contribution in [0.3, 0.4) is 0 Å². The molecule has 0 fully saturated rings. The second kappa shape index (κ2) is 5.36. The summed E-state index contributed by atoms with van der Waals surface area (Å²) in [4.78, 5) is -0.278. The molecule has 14 heteroatoms. The van der Waals surface area contributed by atoms with Crippen LogP contribution in [0.25, 0.3) is 16.5 Å². The number of aromatic nitrogens is 5. The van der Waals surface area contributed by atoms with Crippen LogP contribution < -0.4 is 0 Å². The first-order valence-corrected chi connectivity index (χ1v) is 9.39. The van der Waals surface area contributed by atoms with E-state index in [2.05, 4.69) is 36.3 Å². The van der Waals surface area contributed by atoms with Gasteiger partial charge in [0.25, 0.3) is 9.05 Å². The average molecular weight is 449 g/mol. The minimum atomic E-state index is -4.64. The lowest BCUT2D eigenvalue weighted by atomic mass is 10.4. The number of nitrogens with zero attached hydrogens (tertiary/aromatic N) is 5. The van der Waals surface area contributed by atoms with E-state index in [4.69, 9.17) is 10.7 Å². The molecule has 3 heterocycles. The van der Waals surface area contributed by atoms with Gasteiger partial charge in [0.05, 0.1) is 4.47 Å². The Hall–Kier alpha value is -1.31. The van der Waals surface area contributed by atoms with Crippen LogP contribution in [0.5, 0.6) is 0 Å². The van der Waals surface area contributed by atoms with E-state index in [0.29, 0.717) is 0 Å². The predicted molar refractivity (Wildman–Crippen MR) is 77.6 cm³/mol. The lowest BCUT2D eigenvalue weighted by molar-refractivity contribution is -0.138. The fourth-order valence-corrected chi connectivity index (χ4v) is 3.74. The zero-order valence-corrected chi connectivity index (χ0v) is 14.4. The number of alkyl halides is 3. The van der Waals surface area contributed by atoms with Crippen LogP contribution in [-0.4, -0.2) is 33.2 Å². The molecular formula is C9H2BrClF3N5O2S2. The zero-order chi connectivity index (χ0) is 17.0. The Morgan fingerprint density at radius 2 is 1.91 bits per heavy atom. The number of hydrogen-bond donors (Lipinski definition) is 0. The topological polar surface area (TPSA) is 90.1 Å². The molecule has 0 bridgehead atoms. The van der Waals surface area contributed by atoms with Crippen molar-refractivity contribution >= 4 is 52.6 Å². The van der Waals surface area contributed by atoms with E-state index < -0.39 is 20.2 Å². The Morgan fingerprint density at radius 3 is 2.48 bits per heavy atom. The number of hydrogen-bond acceptors (Lipinski definition) is 7. The van der Waals surface area contributed by atoms with Gasteiger partial charge in [-0.05, 0) is 22.0 Å². The van der Waals surface area contributed by atoms with Crippen molar-refractivity contribution in [2.24, 2.45) is 0 Å². The highest BCUT2D eigenvalue weighted by Gasteiger charge is 2.36. The van der Waals surface area contributed by atoms with Crippen molar-refractivity contribution in [3.63, 3.8) is 0 Å². The Balaban J connectivity index is 2.23. The van der Waals surface area contributed by atoms with Gasteiger partial charge in [-0.3, -0.25) is 4.40 Å². The molecule has 0 aliphatic heterocycles. The Labute approximate surface area is 142 Å². The van der Waals surface area contributed by atoms with E-state index in [-0.39, 0.29) is 37.2 Å². The van der Waals surface area contributed by atoms with E-state index in [1.807, 2.05) is 0 Å². The van der Waals surface area contributed by atoms with Crippen molar-refractivity contribution in [3.05, 3.63) is 21.7 Å². The third-order valence-corrected chi connectivity index (χ3v) is 5.44. The van der Waals surface area contributed by atoms with Crippen LogP contribution in [0.1, 0.15) is 5.01 Å².